The second-order valence-electron chi connectivity index (χ2n) is 11.4. The summed E-state index contributed by atoms with van der Waals surface area (Å²) in [5.41, 5.74) is 10.0. The highest BCUT2D eigenvalue weighted by molar-refractivity contribution is 6.33. The van der Waals surface area contributed by atoms with Crippen molar-refractivity contribution in [2.75, 3.05) is 18.0 Å². The lowest BCUT2D eigenvalue weighted by Gasteiger charge is -2.26. The fourth-order valence-electron chi connectivity index (χ4n) is 6.30. The highest BCUT2D eigenvalue weighted by Gasteiger charge is 2.43. The van der Waals surface area contributed by atoms with Gasteiger partial charge in [-0.05, 0) is 61.6 Å². The molecule has 2 aliphatic heterocycles. The Labute approximate surface area is 233 Å². The van der Waals surface area contributed by atoms with Crippen LogP contribution in [0.2, 0.25) is 0 Å². The molecule has 2 nitrogen and oxygen atoms in total. The monoisotopic (exact) mass is 521 g/mol. The van der Waals surface area contributed by atoms with E-state index in [-0.39, 0.29) is 10.8 Å². The molecule has 0 radical (unpaired) electrons. The van der Waals surface area contributed by atoms with E-state index in [2.05, 4.69) is 123 Å². The molecule has 0 fully saturated rings. The van der Waals surface area contributed by atoms with Crippen LogP contribution < -0.4 is 4.90 Å². The zero-order valence-corrected chi connectivity index (χ0v) is 23.9. The quantitative estimate of drug-likeness (QED) is 0.260. The van der Waals surface area contributed by atoms with E-state index in [1.165, 1.54) is 45.1 Å². The maximum atomic E-state index is 6.99. The first kappa shape index (κ1) is 26.3. The summed E-state index contributed by atoms with van der Waals surface area (Å²) in [4.78, 5) is 2.37. The SMILES string of the molecule is C=CCN1C(=CC=C2CCC(C=CC3=[N+](CC=C)c4ccccc4C3(C)C)=C2Cl)C(C)(C)c2ccccc21. The molecule has 38 heavy (non-hydrogen) atoms. The molecule has 2 aromatic rings. The van der Waals surface area contributed by atoms with Crippen LogP contribution in [0.5, 0.6) is 0 Å². The van der Waals surface area contributed by atoms with E-state index in [1.807, 2.05) is 12.2 Å². The topological polar surface area (TPSA) is 6.25 Å². The van der Waals surface area contributed by atoms with Crippen LogP contribution in [0.1, 0.15) is 51.7 Å². The van der Waals surface area contributed by atoms with E-state index in [4.69, 9.17) is 11.6 Å². The van der Waals surface area contributed by atoms with Crippen LogP contribution in [-0.2, 0) is 10.8 Å². The van der Waals surface area contributed by atoms with Crippen molar-refractivity contribution in [3.05, 3.63) is 131 Å². The Morgan fingerprint density at radius 1 is 0.868 bits per heavy atom. The molecule has 0 spiro atoms. The third-order valence-electron chi connectivity index (χ3n) is 8.33. The lowest BCUT2D eigenvalue weighted by Crippen LogP contribution is -2.27. The highest BCUT2D eigenvalue weighted by atomic mass is 35.5. The van der Waals surface area contributed by atoms with Crippen LogP contribution in [0.25, 0.3) is 0 Å². The van der Waals surface area contributed by atoms with Gasteiger partial charge in [0.05, 0.1) is 5.41 Å². The largest absolute Gasteiger partial charge is 0.340 e. The molecule has 0 bridgehead atoms. The molecule has 0 aromatic heterocycles. The molecule has 0 atom stereocenters. The van der Waals surface area contributed by atoms with E-state index in [1.54, 1.807) is 0 Å². The maximum absolute atomic E-state index is 6.99. The van der Waals surface area contributed by atoms with Crippen molar-refractivity contribution in [3.8, 4) is 0 Å². The van der Waals surface area contributed by atoms with Crippen LogP contribution in [0, 0.1) is 0 Å². The van der Waals surface area contributed by atoms with Crippen LogP contribution in [0.4, 0.5) is 11.4 Å². The Balaban J connectivity index is 1.47. The van der Waals surface area contributed by atoms with E-state index in [0.29, 0.717) is 0 Å². The number of hydrogen-bond acceptors (Lipinski definition) is 1. The predicted molar refractivity (Wildman–Crippen MR) is 164 cm³/mol. The van der Waals surface area contributed by atoms with Crippen molar-refractivity contribution >= 4 is 28.7 Å². The molecule has 0 saturated carbocycles. The number of para-hydroxylation sites is 2. The van der Waals surface area contributed by atoms with Gasteiger partial charge in [-0.15, -0.1) is 6.58 Å². The summed E-state index contributed by atoms with van der Waals surface area (Å²) in [5, 5.41) is 0.880. The molecular weight excluding hydrogens is 484 g/mol. The Hall–Kier alpha value is -3.36. The smallest absolute Gasteiger partial charge is 0.210 e. The summed E-state index contributed by atoms with van der Waals surface area (Å²) in [7, 11) is 0. The van der Waals surface area contributed by atoms with Gasteiger partial charge in [0.2, 0.25) is 5.69 Å². The zero-order chi connectivity index (χ0) is 27.1. The van der Waals surface area contributed by atoms with Gasteiger partial charge in [-0.2, -0.15) is 4.58 Å². The molecule has 0 saturated heterocycles. The van der Waals surface area contributed by atoms with Gasteiger partial charge in [0, 0.05) is 46.1 Å². The third-order valence-corrected chi connectivity index (χ3v) is 8.82. The molecule has 0 N–H and O–H groups in total. The maximum Gasteiger partial charge on any atom is 0.210 e. The molecule has 194 valence electrons. The van der Waals surface area contributed by atoms with Crippen LogP contribution in [0.3, 0.4) is 0 Å². The number of nitrogens with zero attached hydrogens (tertiary/aromatic N) is 2. The average Bonchev–Trinajstić information content (AvgIpc) is 3.43. The standard InChI is InChI=1S/C35H38ClN2/c1-7-23-37-29-15-11-9-13-27(29)34(3,4)31(37)21-19-25-17-18-26(33(25)36)20-22-32-35(5,6)28-14-10-12-16-30(28)38(32)24-8-2/h7-16,19-22H,1-2,17-18,23-24H2,3-6H3/q+1. The fraction of sp³-hybridized carbons (Fsp3) is 0.286. The van der Waals surface area contributed by atoms with E-state index in [9.17, 15) is 0 Å². The summed E-state index contributed by atoms with van der Waals surface area (Å²) in [5.74, 6) is 0. The minimum atomic E-state index is -0.0808. The molecule has 3 heteroatoms. The fourth-order valence-corrected chi connectivity index (χ4v) is 6.62. The van der Waals surface area contributed by atoms with Crippen LogP contribution in [0.15, 0.2) is 120 Å². The van der Waals surface area contributed by atoms with Gasteiger partial charge in [-0.25, -0.2) is 0 Å². The number of allylic oxidation sites excluding steroid dienone is 8. The van der Waals surface area contributed by atoms with Gasteiger partial charge >= 0.3 is 0 Å². The van der Waals surface area contributed by atoms with Gasteiger partial charge in [-0.1, -0.05) is 86.7 Å². The number of halogens is 1. The summed E-state index contributed by atoms with van der Waals surface area (Å²) in [6, 6.07) is 17.4. The van der Waals surface area contributed by atoms with Gasteiger partial charge in [0.15, 0.2) is 12.3 Å². The minimum Gasteiger partial charge on any atom is -0.340 e. The van der Waals surface area contributed by atoms with Crippen molar-refractivity contribution in [2.45, 2.75) is 51.4 Å². The Kier molecular flexibility index (Phi) is 6.96. The Bertz CT molecular complexity index is 1460. The first-order valence-corrected chi connectivity index (χ1v) is 13.9. The van der Waals surface area contributed by atoms with E-state index in [0.717, 1.165) is 31.0 Å². The van der Waals surface area contributed by atoms with Gasteiger partial charge in [0.25, 0.3) is 0 Å². The molecule has 0 unspecified atom stereocenters. The second kappa shape index (κ2) is 10.1. The second-order valence-corrected chi connectivity index (χ2v) is 11.8. The van der Waals surface area contributed by atoms with Crippen LogP contribution in [-0.4, -0.2) is 23.4 Å². The molecule has 5 rings (SSSR count). The van der Waals surface area contributed by atoms with Crippen molar-refractivity contribution in [2.24, 2.45) is 0 Å². The van der Waals surface area contributed by atoms with E-state index >= 15 is 0 Å². The highest BCUT2D eigenvalue weighted by Crippen LogP contribution is 2.48. The van der Waals surface area contributed by atoms with Crippen LogP contribution >= 0.6 is 11.6 Å². The van der Waals surface area contributed by atoms with Crippen molar-refractivity contribution < 1.29 is 4.58 Å². The molecular formula is C35H38ClN2+. The Morgan fingerprint density at radius 3 is 2.32 bits per heavy atom. The summed E-state index contributed by atoms with van der Waals surface area (Å²) < 4.78 is 2.37. The first-order chi connectivity index (χ1) is 18.2. The first-order valence-electron chi connectivity index (χ1n) is 13.5. The van der Waals surface area contributed by atoms with Crippen molar-refractivity contribution in [1.29, 1.82) is 0 Å². The molecule has 3 aliphatic rings. The molecule has 1 aliphatic carbocycles. The normalized spacial score (nSPS) is 21.7. The summed E-state index contributed by atoms with van der Waals surface area (Å²) in [6.45, 7) is 18.8. The summed E-state index contributed by atoms with van der Waals surface area (Å²) >= 11 is 6.99. The lowest BCUT2D eigenvalue weighted by molar-refractivity contribution is -0.425. The lowest BCUT2D eigenvalue weighted by atomic mass is 9.81. The third kappa shape index (κ3) is 4.25. The van der Waals surface area contributed by atoms with Gasteiger partial charge in [-0.3, -0.25) is 0 Å². The average molecular weight is 522 g/mol. The predicted octanol–water partition coefficient (Wildman–Crippen LogP) is 8.89. The Morgan fingerprint density at radius 2 is 1.58 bits per heavy atom. The van der Waals surface area contributed by atoms with Gasteiger partial charge < -0.3 is 4.90 Å². The van der Waals surface area contributed by atoms with Gasteiger partial charge in [0.1, 0.15) is 0 Å². The number of benzene rings is 2. The minimum absolute atomic E-state index is 0.0808. The zero-order valence-electron chi connectivity index (χ0n) is 23.1. The molecule has 2 aromatic carbocycles. The van der Waals surface area contributed by atoms with Crippen molar-refractivity contribution in [3.63, 3.8) is 0 Å². The number of anilines is 1. The summed E-state index contributed by atoms with van der Waals surface area (Å²) in [6.07, 6.45) is 14.8. The number of rotatable bonds is 7. The molecule has 0 amide bonds. The molecule has 2 heterocycles. The number of fused-ring (bicyclic) bond motifs is 2. The number of hydrogen-bond donors (Lipinski definition) is 0. The van der Waals surface area contributed by atoms with Crippen molar-refractivity contribution in [1.82, 2.24) is 0 Å². The van der Waals surface area contributed by atoms with E-state index < -0.39 is 0 Å².